The highest BCUT2D eigenvalue weighted by Crippen LogP contribution is 2.35. The zero-order valence-corrected chi connectivity index (χ0v) is 31.1. The molecule has 0 bridgehead atoms. The number of aromatic nitrogens is 3. The quantitative estimate of drug-likeness (QED) is 0.0966. The van der Waals surface area contributed by atoms with Crippen molar-refractivity contribution in [2.45, 2.75) is 69.9 Å². The SMILES string of the molecule is [C-]#[N+]c1c(N)nc(SCc2cccc(CCC(=O)N3CCN(CC4CCN(C(=O)OC(C)(C)C)CC4)CC3)[n+]2[O-])nc1-c1ccc(NC(C)=O)cc1. The number of hydrogen-bond acceptors (Lipinski definition) is 10. The van der Waals surface area contributed by atoms with E-state index in [0.717, 1.165) is 37.2 Å². The maximum absolute atomic E-state index is 13.3. The molecule has 52 heavy (non-hydrogen) atoms. The highest BCUT2D eigenvalue weighted by Gasteiger charge is 2.29. The molecule has 3 N–H and O–H groups in total. The van der Waals surface area contributed by atoms with Crippen molar-refractivity contribution in [2.24, 2.45) is 5.92 Å². The fraction of sp³-hybridized carbons (Fsp3) is 0.486. The molecule has 0 aliphatic carbocycles. The molecule has 2 aromatic heterocycles. The maximum atomic E-state index is 13.3. The molecule has 3 amide bonds. The van der Waals surface area contributed by atoms with Crippen molar-refractivity contribution in [1.82, 2.24) is 24.7 Å². The molecule has 0 unspecified atom stereocenters. The first-order valence-electron chi connectivity index (χ1n) is 17.5. The van der Waals surface area contributed by atoms with Crippen LogP contribution in [0.2, 0.25) is 0 Å². The molecule has 1 aromatic carbocycles. The van der Waals surface area contributed by atoms with Crippen LogP contribution in [0.1, 0.15) is 58.3 Å². The first-order chi connectivity index (χ1) is 24.8. The van der Waals surface area contributed by atoms with Crippen molar-refractivity contribution in [3.63, 3.8) is 0 Å². The molecule has 0 atom stereocenters. The average Bonchev–Trinajstić information content (AvgIpc) is 3.10. The number of amides is 3. The third kappa shape index (κ3) is 10.3. The Labute approximate surface area is 309 Å². The van der Waals surface area contributed by atoms with Gasteiger partial charge in [-0.25, -0.2) is 19.6 Å². The van der Waals surface area contributed by atoms with Gasteiger partial charge in [0.1, 0.15) is 11.4 Å². The Kier molecular flexibility index (Phi) is 12.6. The number of ether oxygens (including phenoxy) is 1. The van der Waals surface area contributed by atoms with Gasteiger partial charge in [0.2, 0.25) is 17.5 Å². The van der Waals surface area contributed by atoms with Gasteiger partial charge in [0.25, 0.3) is 5.69 Å². The number of anilines is 2. The van der Waals surface area contributed by atoms with E-state index in [2.05, 4.69) is 25.0 Å². The number of rotatable bonds is 10. The maximum Gasteiger partial charge on any atom is 0.410 e. The van der Waals surface area contributed by atoms with Gasteiger partial charge in [-0.05, 0) is 63.3 Å². The van der Waals surface area contributed by atoms with E-state index in [1.54, 1.807) is 47.4 Å². The number of thioether (sulfide) groups is 1. The van der Waals surface area contributed by atoms with E-state index in [9.17, 15) is 19.6 Å². The Morgan fingerprint density at radius 1 is 1.02 bits per heavy atom. The van der Waals surface area contributed by atoms with Crippen LogP contribution in [0.5, 0.6) is 0 Å². The zero-order chi connectivity index (χ0) is 37.4. The number of piperidine rings is 1. The molecule has 15 heteroatoms. The van der Waals surface area contributed by atoms with Crippen molar-refractivity contribution < 1.29 is 23.9 Å². The van der Waals surface area contributed by atoms with Crippen molar-refractivity contribution in [3.8, 4) is 11.3 Å². The van der Waals surface area contributed by atoms with Crippen LogP contribution in [-0.4, -0.2) is 94.0 Å². The van der Waals surface area contributed by atoms with E-state index in [4.69, 9.17) is 17.0 Å². The van der Waals surface area contributed by atoms with Gasteiger partial charge in [-0.15, -0.1) is 0 Å². The summed E-state index contributed by atoms with van der Waals surface area (Å²) in [7, 11) is 0. The minimum atomic E-state index is -0.496. The van der Waals surface area contributed by atoms with Crippen LogP contribution in [-0.2, 0) is 26.5 Å². The van der Waals surface area contributed by atoms with E-state index in [-0.39, 0.29) is 41.6 Å². The zero-order valence-electron chi connectivity index (χ0n) is 30.3. The second-order valence-electron chi connectivity index (χ2n) is 14.1. The van der Waals surface area contributed by atoms with E-state index in [1.807, 2.05) is 25.7 Å². The van der Waals surface area contributed by atoms with Crippen LogP contribution in [0, 0.1) is 17.7 Å². The third-order valence-electron chi connectivity index (χ3n) is 9.03. The predicted molar refractivity (Wildman–Crippen MR) is 199 cm³/mol. The summed E-state index contributed by atoms with van der Waals surface area (Å²) in [5, 5.41) is 16.3. The van der Waals surface area contributed by atoms with Crippen LogP contribution in [0.4, 0.5) is 22.0 Å². The van der Waals surface area contributed by atoms with Gasteiger partial charge in [0.15, 0.2) is 10.9 Å². The molecular weight excluding hydrogens is 683 g/mol. The molecule has 2 fully saturated rings. The van der Waals surface area contributed by atoms with Gasteiger partial charge in [-0.1, -0.05) is 23.9 Å². The summed E-state index contributed by atoms with van der Waals surface area (Å²) in [4.78, 5) is 55.4. The number of nitrogen functional groups attached to an aromatic ring is 1. The number of piperazine rings is 1. The number of nitrogens with two attached hydrogens (primary N) is 1. The molecule has 2 saturated heterocycles. The van der Waals surface area contributed by atoms with Crippen LogP contribution in [0.25, 0.3) is 16.1 Å². The number of likely N-dealkylation sites (tertiary alicyclic amines) is 1. The summed E-state index contributed by atoms with van der Waals surface area (Å²) in [6.07, 6.45) is 2.20. The smallest absolute Gasteiger partial charge is 0.410 e. The van der Waals surface area contributed by atoms with Crippen molar-refractivity contribution in [1.29, 1.82) is 0 Å². The Morgan fingerprint density at radius 3 is 2.33 bits per heavy atom. The number of nitrogens with zero attached hydrogens (tertiary/aromatic N) is 7. The summed E-state index contributed by atoms with van der Waals surface area (Å²) >= 11 is 1.23. The number of hydrogen-bond donors (Lipinski definition) is 2. The van der Waals surface area contributed by atoms with Crippen LogP contribution in [0.15, 0.2) is 47.6 Å². The number of carbonyl (C=O) groups excluding carboxylic acids is 3. The number of nitrogens with one attached hydrogen (secondary N) is 1. The molecule has 276 valence electrons. The van der Waals surface area contributed by atoms with Gasteiger partial charge in [-0.2, -0.15) is 4.73 Å². The molecule has 0 radical (unpaired) electrons. The molecule has 5 rings (SSSR count). The summed E-state index contributed by atoms with van der Waals surface area (Å²) < 4.78 is 6.38. The van der Waals surface area contributed by atoms with E-state index in [0.29, 0.717) is 72.0 Å². The lowest BCUT2D eigenvalue weighted by atomic mass is 9.96. The van der Waals surface area contributed by atoms with Gasteiger partial charge in [0.05, 0.1) is 18.0 Å². The Morgan fingerprint density at radius 2 is 1.69 bits per heavy atom. The van der Waals surface area contributed by atoms with Gasteiger partial charge in [-0.3, -0.25) is 14.5 Å². The number of pyridine rings is 1. The van der Waals surface area contributed by atoms with Crippen molar-refractivity contribution >= 4 is 46.9 Å². The van der Waals surface area contributed by atoms with E-state index in [1.165, 1.54) is 18.7 Å². The molecule has 14 nitrogen and oxygen atoms in total. The molecule has 2 aliphatic rings. The third-order valence-corrected chi connectivity index (χ3v) is 9.91. The highest BCUT2D eigenvalue weighted by molar-refractivity contribution is 7.98. The van der Waals surface area contributed by atoms with E-state index >= 15 is 0 Å². The van der Waals surface area contributed by atoms with E-state index < -0.39 is 5.60 Å². The average molecular weight is 730 g/mol. The molecule has 4 heterocycles. The fourth-order valence-corrected chi connectivity index (χ4v) is 7.13. The fourth-order valence-electron chi connectivity index (χ4n) is 6.32. The first-order valence-corrected chi connectivity index (χ1v) is 18.5. The normalized spacial score (nSPS) is 15.6. The number of carbonyl (C=O) groups is 3. The lowest BCUT2D eigenvalue weighted by Crippen LogP contribution is -2.51. The van der Waals surface area contributed by atoms with Crippen LogP contribution >= 0.6 is 11.8 Å². The predicted octanol–water partition coefficient (Wildman–Crippen LogP) is 4.88. The largest absolute Gasteiger partial charge is 0.618 e. The highest BCUT2D eigenvalue weighted by atomic mass is 32.2. The molecular formula is C37H47N9O5S. The van der Waals surface area contributed by atoms with Gasteiger partial charge in [0, 0.05) is 83.4 Å². The summed E-state index contributed by atoms with van der Waals surface area (Å²) in [5.41, 5.74) is 8.38. The van der Waals surface area contributed by atoms with Crippen molar-refractivity contribution in [2.75, 3.05) is 56.9 Å². The Hall–Kier alpha value is -4.94. The monoisotopic (exact) mass is 729 g/mol. The topological polar surface area (TPSA) is 165 Å². The Bertz CT molecular complexity index is 1790. The minimum Gasteiger partial charge on any atom is -0.618 e. The van der Waals surface area contributed by atoms with Crippen LogP contribution < -0.4 is 15.8 Å². The lowest BCUT2D eigenvalue weighted by molar-refractivity contribution is -0.621. The number of aryl methyl sites for hydroxylation is 1. The minimum absolute atomic E-state index is 0.0338. The molecule has 0 saturated carbocycles. The molecule has 3 aromatic rings. The summed E-state index contributed by atoms with van der Waals surface area (Å²) in [6.45, 7) is 20.0. The second-order valence-corrected chi connectivity index (χ2v) is 15.1. The second kappa shape index (κ2) is 17.1. The van der Waals surface area contributed by atoms with Crippen LogP contribution in [0.3, 0.4) is 0 Å². The standard InChI is InChI=1S/C37H47N9O5S/c1-25(47)40-28-11-9-27(10-12-28)32-33(39-5)34(38)42-35(41-32)52-24-30-8-6-7-29(46(30)50)13-14-31(48)44-21-19-43(20-22-44)23-26-15-17-45(18-16-26)36(49)51-37(2,3)4/h6-12,26H,13-24H2,1-4H3,(H,40,47)(H2,38,41,42). The Balaban J connectivity index is 1.10. The molecule has 0 spiro atoms. The lowest BCUT2D eigenvalue weighted by Gasteiger charge is -2.39. The summed E-state index contributed by atoms with van der Waals surface area (Å²) in [6, 6.07) is 12.2. The van der Waals surface area contributed by atoms with Gasteiger partial charge < -0.3 is 30.8 Å². The van der Waals surface area contributed by atoms with Crippen molar-refractivity contribution in [3.05, 3.63) is 70.5 Å². The summed E-state index contributed by atoms with van der Waals surface area (Å²) in [5.74, 6) is 0.647. The van der Waals surface area contributed by atoms with Gasteiger partial charge >= 0.3 is 6.09 Å². The molecule has 2 aliphatic heterocycles. The first kappa shape index (κ1) is 38.3. The number of benzene rings is 1.